The van der Waals surface area contributed by atoms with Gasteiger partial charge in [0, 0.05) is 36.4 Å². The van der Waals surface area contributed by atoms with Crippen LogP contribution in [-0.2, 0) is 9.53 Å². The lowest BCUT2D eigenvalue weighted by molar-refractivity contribution is -0.114. The van der Waals surface area contributed by atoms with Crippen molar-refractivity contribution in [3.63, 3.8) is 0 Å². The van der Waals surface area contributed by atoms with Crippen molar-refractivity contribution in [3.05, 3.63) is 112 Å². The first kappa shape index (κ1) is 29.1. The summed E-state index contributed by atoms with van der Waals surface area (Å²) in [7, 11) is 0. The maximum atomic E-state index is 13.2. The van der Waals surface area contributed by atoms with Gasteiger partial charge in [0.25, 0.3) is 0 Å². The number of aliphatic imine (C=N–C) groups is 2. The van der Waals surface area contributed by atoms with Crippen LogP contribution in [-0.4, -0.2) is 23.1 Å². The fraction of sp³-hybridized carbons (Fsp3) is 0.324. The zero-order valence-electron chi connectivity index (χ0n) is 23.7. The molecule has 0 saturated carbocycles. The molecular weight excluding hydrogens is 553 g/mol. The van der Waals surface area contributed by atoms with Crippen LogP contribution in [0.1, 0.15) is 58.4 Å². The van der Waals surface area contributed by atoms with Crippen LogP contribution < -0.4 is 5.32 Å². The zero-order valence-corrected chi connectivity index (χ0v) is 25.2. The van der Waals surface area contributed by atoms with E-state index < -0.39 is 5.60 Å². The Morgan fingerprint density at radius 1 is 1.12 bits per heavy atom. The van der Waals surface area contributed by atoms with Crippen molar-refractivity contribution in [2.24, 2.45) is 21.8 Å². The molecule has 0 saturated heterocycles. The Kier molecular flexibility index (Phi) is 8.96. The third-order valence-corrected chi connectivity index (χ3v) is 8.31. The molecule has 1 N–H and O–H groups in total. The number of ketones is 1. The van der Waals surface area contributed by atoms with Crippen LogP contribution in [0.25, 0.3) is 5.57 Å². The van der Waals surface area contributed by atoms with Gasteiger partial charge in [-0.15, -0.1) is 0 Å². The smallest absolute Gasteiger partial charge is 0.164 e. The lowest BCUT2D eigenvalue weighted by Crippen LogP contribution is -2.29. The molecule has 7 heteroatoms. The fourth-order valence-corrected chi connectivity index (χ4v) is 6.05. The number of halogens is 2. The van der Waals surface area contributed by atoms with Gasteiger partial charge in [-0.1, -0.05) is 61.7 Å². The Bertz CT molecular complexity index is 1490. The maximum Gasteiger partial charge on any atom is 0.164 e. The molecule has 41 heavy (non-hydrogen) atoms. The van der Waals surface area contributed by atoms with Crippen LogP contribution in [0, 0.1) is 11.8 Å². The highest BCUT2D eigenvalue weighted by molar-refractivity contribution is 6.41. The number of ether oxygens (including phenoxy) is 1. The number of amidine groups is 2. The van der Waals surface area contributed by atoms with E-state index in [1.165, 1.54) is 12.8 Å². The van der Waals surface area contributed by atoms with E-state index in [1.807, 2.05) is 31.2 Å². The summed E-state index contributed by atoms with van der Waals surface area (Å²) in [5.41, 5.74) is 2.41. The number of rotatable bonds is 5. The largest absolute Gasteiger partial charge is 0.480 e. The van der Waals surface area contributed by atoms with Crippen molar-refractivity contribution in [1.82, 2.24) is 5.32 Å². The number of nitrogens with zero attached hydrogens (tertiary/aromatic N) is 2. The molecule has 212 valence electrons. The number of nitrogens with one attached hydrogen (secondary N) is 1. The summed E-state index contributed by atoms with van der Waals surface area (Å²) in [5.74, 6) is 2.94. The minimum Gasteiger partial charge on any atom is -0.480 e. The van der Waals surface area contributed by atoms with Gasteiger partial charge in [0.05, 0.1) is 10.0 Å². The minimum atomic E-state index is -0.619. The Morgan fingerprint density at radius 2 is 1.93 bits per heavy atom. The quantitative estimate of drug-likeness (QED) is 0.374. The maximum absolute atomic E-state index is 13.2. The summed E-state index contributed by atoms with van der Waals surface area (Å²) in [4.78, 5) is 22.5. The summed E-state index contributed by atoms with van der Waals surface area (Å²) >= 11 is 12.9. The average Bonchev–Trinajstić information content (AvgIpc) is 3.29. The molecule has 3 unspecified atom stereocenters. The van der Waals surface area contributed by atoms with Gasteiger partial charge in [0.2, 0.25) is 0 Å². The molecule has 0 aromatic heterocycles. The van der Waals surface area contributed by atoms with Gasteiger partial charge < -0.3 is 10.1 Å². The predicted molar refractivity (Wildman–Crippen MR) is 170 cm³/mol. The molecule has 1 aromatic carbocycles. The molecular formula is C34H35Cl2N3O2. The molecule has 1 aromatic rings. The SMILES string of the molecule is CCCC1C=CC(OC2(C)C=CN=C(NC3=NC=C4C=C(c5c(Cl)cccc5Cl)C(=O)CC(C)C4=CC3)C=C2)=CC1. The number of carbonyl (C=O) groups is 1. The number of carbonyl (C=O) groups excluding carboxylic acids is 1. The van der Waals surface area contributed by atoms with Crippen molar-refractivity contribution in [3.8, 4) is 0 Å². The normalized spacial score (nSPS) is 25.8. The number of hydrogen-bond acceptors (Lipinski definition) is 5. The van der Waals surface area contributed by atoms with Crippen molar-refractivity contribution in [1.29, 1.82) is 0 Å². The molecule has 3 atom stereocenters. The van der Waals surface area contributed by atoms with Crippen LogP contribution >= 0.6 is 23.2 Å². The lowest BCUT2D eigenvalue weighted by atomic mass is 9.92. The highest BCUT2D eigenvalue weighted by Crippen LogP contribution is 2.39. The number of fused-ring (bicyclic) bond motifs is 1. The number of hydrogen-bond donors (Lipinski definition) is 1. The van der Waals surface area contributed by atoms with Crippen molar-refractivity contribution in [2.75, 3.05) is 0 Å². The number of allylic oxidation sites excluding steroid dienone is 7. The zero-order chi connectivity index (χ0) is 29.0. The molecule has 2 aliphatic carbocycles. The summed E-state index contributed by atoms with van der Waals surface area (Å²) in [6.45, 7) is 6.30. The van der Waals surface area contributed by atoms with E-state index in [0.29, 0.717) is 45.8 Å². The molecule has 0 spiro atoms. The monoisotopic (exact) mass is 587 g/mol. The van der Waals surface area contributed by atoms with Crippen LogP contribution in [0.4, 0.5) is 0 Å². The molecule has 2 heterocycles. The van der Waals surface area contributed by atoms with Crippen molar-refractivity contribution >= 4 is 46.2 Å². The summed E-state index contributed by atoms with van der Waals surface area (Å²) in [6.07, 6.45) is 24.3. The van der Waals surface area contributed by atoms with Gasteiger partial charge in [-0.3, -0.25) is 4.79 Å². The summed E-state index contributed by atoms with van der Waals surface area (Å²) < 4.78 is 6.34. The average molecular weight is 589 g/mol. The van der Waals surface area contributed by atoms with Crippen LogP contribution in [0.15, 0.2) is 106 Å². The molecule has 4 aliphatic rings. The Balaban J connectivity index is 1.33. The van der Waals surface area contributed by atoms with Gasteiger partial charge >= 0.3 is 0 Å². The summed E-state index contributed by atoms with van der Waals surface area (Å²) in [6, 6.07) is 5.28. The van der Waals surface area contributed by atoms with Crippen LogP contribution in [0.2, 0.25) is 10.0 Å². The van der Waals surface area contributed by atoms with Crippen LogP contribution in [0.3, 0.4) is 0 Å². The minimum absolute atomic E-state index is 0.0139. The van der Waals surface area contributed by atoms with Gasteiger partial charge in [0.1, 0.15) is 23.0 Å². The number of Topliss-reactive ketones (excluding diaryl/α,β-unsaturated/α-hetero) is 1. The molecule has 0 bridgehead atoms. The Labute approximate surface area is 252 Å². The second-order valence-corrected chi connectivity index (χ2v) is 11.8. The molecule has 0 fully saturated rings. The second kappa shape index (κ2) is 12.6. The van der Waals surface area contributed by atoms with E-state index in [0.717, 1.165) is 29.2 Å². The van der Waals surface area contributed by atoms with Crippen molar-refractivity contribution in [2.45, 2.75) is 58.5 Å². The van der Waals surface area contributed by atoms with Gasteiger partial charge in [-0.05, 0) is 91.3 Å². The predicted octanol–water partition coefficient (Wildman–Crippen LogP) is 8.71. The standard InChI is InChI=1S/C34H35Cl2N3O2/c1-4-6-23-9-11-25(12-10-23)41-34(3)16-15-32(37-18-17-34)39-31-14-13-26-22(2)19-30(40)27(20-24(26)21-38-31)33-28(35)7-5-8-29(33)36/h5,7-9,11-13,15-18,20-23H,4,6,10,14,19H2,1-3H3,(H,37,38,39). The highest BCUT2D eigenvalue weighted by Gasteiger charge is 2.28. The fourth-order valence-electron chi connectivity index (χ4n) is 5.45. The third-order valence-electron chi connectivity index (χ3n) is 7.68. The van der Waals surface area contributed by atoms with E-state index in [1.54, 1.807) is 30.6 Å². The van der Waals surface area contributed by atoms with E-state index >= 15 is 0 Å². The first-order valence-corrected chi connectivity index (χ1v) is 15.0. The summed E-state index contributed by atoms with van der Waals surface area (Å²) in [5, 5.41) is 4.28. The van der Waals surface area contributed by atoms with Gasteiger partial charge in [-0.25, -0.2) is 9.98 Å². The van der Waals surface area contributed by atoms with Crippen molar-refractivity contribution < 1.29 is 9.53 Å². The van der Waals surface area contributed by atoms with E-state index in [4.69, 9.17) is 32.9 Å². The van der Waals surface area contributed by atoms with E-state index in [-0.39, 0.29) is 11.7 Å². The molecule has 0 radical (unpaired) electrons. The lowest BCUT2D eigenvalue weighted by Gasteiger charge is -2.26. The van der Waals surface area contributed by atoms with Gasteiger partial charge in [0.15, 0.2) is 5.78 Å². The first-order chi connectivity index (χ1) is 19.7. The molecule has 2 aliphatic heterocycles. The topological polar surface area (TPSA) is 63.0 Å². The number of benzene rings is 1. The molecule has 0 amide bonds. The Morgan fingerprint density at radius 3 is 2.66 bits per heavy atom. The molecule has 5 rings (SSSR count). The first-order valence-electron chi connectivity index (χ1n) is 14.2. The Hall–Kier alpha value is -3.41. The third kappa shape index (κ3) is 6.91. The van der Waals surface area contributed by atoms with Gasteiger partial charge in [-0.2, -0.15) is 0 Å². The van der Waals surface area contributed by atoms with E-state index in [2.05, 4.69) is 48.5 Å². The molecule has 5 nitrogen and oxygen atoms in total. The van der Waals surface area contributed by atoms with E-state index in [9.17, 15) is 4.79 Å². The van der Waals surface area contributed by atoms with Crippen LogP contribution in [0.5, 0.6) is 0 Å². The highest BCUT2D eigenvalue weighted by atomic mass is 35.5. The second-order valence-electron chi connectivity index (χ2n) is 11.0.